The molecule has 2 heterocycles. The van der Waals surface area contributed by atoms with E-state index in [1.807, 2.05) is 0 Å². The lowest BCUT2D eigenvalue weighted by atomic mass is 10.0. The minimum Gasteiger partial charge on any atom is -0.443 e. The first-order valence-electron chi connectivity index (χ1n) is 11.7. The van der Waals surface area contributed by atoms with E-state index in [9.17, 15) is 19.2 Å². The van der Waals surface area contributed by atoms with Crippen molar-refractivity contribution >= 4 is 80.6 Å². The SMILES string of the molecule is CC(C)(C)OC(=O)N1C(=O)C2=C(c3ccc(I)cc3)N(C(=O)OC(C)(C)C)C(=O)C2=C1c1ccc(I)cc1. The van der Waals surface area contributed by atoms with E-state index in [2.05, 4.69) is 45.2 Å². The van der Waals surface area contributed by atoms with Gasteiger partial charge in [-0.2, -0.15) is 0 Å². The maximum Gasteiger partial charge on any atom is 0.422 e. The summed E-state index contributed by atoms with van der Waals surface area (Å²) in [4.78, 5) is 56.5. The monoisotopic (exact) mass is 740 g/mol. The number of hydrogen-bond acceptors (Lipinski definition) is 6. The highest BCUT2D eigenvalue weighted by atomic mass is 127. The van der Waals surface area contributed by atoms with Crippen LogP contribution in [0.1, 0.15) is 52.7 Å². The number of imide groups is 2. The van der Waals surface area contributed by atoms with Crippen LogP contribution in [0.4, 0.5) is 9.59 Å². The number of fused-ring (bicyclic) bond motifs is 1. The standard InChI is InChI=1S/C28H26I2N2O6/c1-27(2,3)37-25(35)31-21(15-7-11-17(29)12-8-15)19-20(23(31)33)22(16-9-13-18(30)14-10-16)32(24(19)34)26(36)38-28(4,5)6/h7-14H,1-6H3. The number of nitrogens with zero attached hydrogens (tertiary/aromatic N) is 2. The first-order chi connectivity index (χ1) is 17.6. The van der Waals surface area contributed by atoms with Crippen molar-refractivity contribution in [3.63, 3.8) is 0 Å². The molecule has 0 unspecified atom stereocenters. The molecule has 0 radical (unpaired) electrons. The molecule has 0 fully saturated rings. The average molecular weight is 740 g/mol. The predicted molar refractivity (Wildman–Crippen MR) is 158 cm³/mol. The molecule has 2 aromatic rings. The summed E-state index contributed by atoms with van der Waals surface area (Å²) in [6.07, 6.45) is -1.83. The normalized spacial score (nSPS) is 15.9. The second-order valence-electron chi connectivity index (χ2n) is 10.7. The number of ether oxygens (including phenoxy) is 2. The van der Waals surface area contributed by atoms with Crippen LogP contribution in [0.25, 0.3) is 11.4 Å². The summed E-state index contributed by atoms with van der Waals surface area (Å²) in [5, 5.41) is 0. The van der Waals surface area contributed by atoms with Crippen molar-refractivity contribution < 1.29 is 28.7 Å². The summed E-state index contributed by atoms with van der Waals surface area (Å²) >= 11 is 4.28. The Morgan fingerprint density at radius 1 is 0.605 bits per heavy atom. The molecule has 4 rings (SSSR count). The Balaban J connectivity index is 2.01. The van der Waals surface area contributed by atoms with Gasteiger partial charge in [-0.25, -0.2) is 19.4 Å². The quantitative estimate of drug-likeness (QED) is 0.324. The molecule has 0 saturated heterocycles. The van der Waals surface area contributed by atoms with Crippen LogP contribution >= 0.6 is 45.2 Å². The maximum absolute atomic E-state index is 14.0. The van der Waals surface area contributed by atoms with E-state index in [0.29, 0.717) is 11.1 Å². The third-order valence-electron chi connectivity index (χ3n) is 5.39. The molecule has 38 heavy (non-hydrogen) atoms. The van der Waals surface area contributed by atoms with E-state index in [4.69, 9.17) is 9.47 Å². The zero-order chi connectivity index (χ0) is 28.2. The maximum atomic E-state index is 14.0. The molecule has 0 N–H and O–H groups in total. The van der Waals surface area contributed by atoms with Crippen molar-refractivity contribution in [2.45, 2.75) is 52.7 Å². The largest absolute Gasteiger partial charge is 0.443 e. The van der Waals surface area contributed by atoms with E-state index >= 15 is 0 Å². The molecule has 198 valence electrons. The van der Waals surface area contributed by atoms with Crippen LogP contribution in [-0.2, 0) is 19.1 Å². The number of hydrogen-bond donors (Lipinski definition) is 0. The van der Waals surface area contributed by atoms with Crippen LogP contribution in [0, 0.1) is 7.14 Å². The smallest absolute Gasteiger partial charge is 0.422 e. The van der Waals surface area contributed by atoms with Crippen molar-refractivity contribution in [2.75, 3.05) is 0 Å². The summed E-state index contributed by atoms with van der Waals surface area (Å²) in [5.41, 5.74) is -0.854. The van der Waals surface area contributed by atoms with Crippen molar-refractivity contribution in [3.05, 3.63) is 77.9 Å². The van der Waals surface area contributed by atoms with Gasteiger partial charge in [-0.3, -0.25) is 9.59 Å². The van der Waals surface area contributed by atoms with E-state index in [1.54, 1.807) is 90.1 Å². The first kappa shape index (κ1) is 28.3. The highest BCUT2D eigenvalue weighted by Gasteiger charge is 2.54. The van der Waals surface area contributed by atoms with E-state index in [-0.39, 0.29) is 22.5 Å². The molecule has 0 spiro atoms. The van der Waals surface area contributed by atoms with Crippen LogP contribution < -0.4 is 0 Å². The molecule has 0 bridgehead atoms. The van der Waals surface area contributed by atoms with Crippen molar-refractivity contribution in [2.24, 2.45) is 0 Å². The molecule has 2 aliphatic heterocycles. The summed E-state index contributed by atoms with van der Waals surface area (Å²) in [5.74, 6) is -1.51. The molecule has 8 nitrogen and oxygen atoms in total. The molecule has 0 aliphatic carbocycles. The Morgan fingerprint density at radius 3 is 1.16 bits per heavy atom. The van der Waals surface area contributed by atoms with Gasteiger partial charge in [-0.15, -0.1) is 0 Å². The van der Waals surface area contributed by atoms with Gasteiger partial charge in [0, 0.05) is 7.14 Å². The highest BCUT2D eigenvalue weighted by molar-refractivity contribution is 14.1. The summed E-state index contributed by atoms with van der Waals surface area (Å²) in [7, 11) is 0. The minimum atomic E-state index is -0.913. The molecular weight excluding hydrogens is 714 g/mol. The lowest BCUT2D eigenvalue weighted by Crippen LogP contribution is -2.40. The van der Waals surface area contributed by atoms with Gasteiger partial charge in [-0.05, 0) is 122 Å². The van der Waals surface area contributed by atoms with Crippen molar-refractivity contribution in [1.82, 2.24) is 9.80 Å². The lowest BCUT2D eigenvalue weighted by molar-refractivity contribution is -0.123. The number of benzene rings is 2. The topological polar surface area (TPSA) is 93.2 Å². The molecule has 2 aliphatic rings. The number of amides is 4. The van der Waals surface area contributed by atoms with Gasteiger partial charge >= 0.3 is 12.2 Å². The fourth-order valence-electron chi connectivity index (χ4n) is 4.03. The van der Waals surface area contributed by atoms with Gasteiger partial charge in [0.2, 0.25) is 0 Å². The number of halogens is 2. The summed E-state index contributed by atoms with van der Waals surface area (Å²) in [6.45, 7) is 10.1. The Hall–Kier alpha value is -2.74. The Bertz CT molecular complexity index is 1300. The molecule has 10 heteroatoms. The number of rotatable bonds is 2. The molecule has 0 saturated carbocycles. The van der Waals surface area contributed by atoms with Crippen LogP contribution in [-0.4, -0.2) is 45.0 Å². The summed E-state index contributed by atoms with van der Waals surface area (Å²) in [6, 6.07) is 14.1. The lowest BCUT2D eigenvalue weighted by Gasteiger charge is -2.27. The third kappa shape index (κ3) is 5.51. The van der Waals surface area contributed by atoms with Gasteiger partial charge in [0.15, 0.2) is 0 Å². The fraction of sp³-hybridized carbons (Fsp3) is 0.286. The first-order valence-corrected chi connectivity index (χ1v) is 13.9. The molecule has 0 atom stereocenters. The van der Waals surface area contributed by atoms with Gasteiger partial charge < -0.3 is 9.47 Å². The zero-order valence-electron chi connectivity index (χ0n) is 21.7. The van der Waals surface area contributed by atoms with E-state index < -0.39 is 35.2 Å². The fourth-order valence-corrected chi connectivity index (χ4v) is 4.75. The van der Waals surface area contributed by atoms with Crippen LogP contribution in [0.15, 0.2) is 59.7 Å². The minimum absolute atomic E-state index is 0.0542. The Labute approximate surface area is 248 Å². The molecule has 2 aromatic carbocycles. The zero-order valence-corrected chi connectivity index (χ0v) is 26.0. The van der Waals surface area contributed by atoms with Crippen LogP contribution in [0.5, 0.6) is 0 Å². The Kier molecular flexibility index (Phi) is 7.51. The predicted octanol–water partition coefficient (Wildman–Crippen LogP) is 6.57. The van der Waals surface area contributed by atoms with Crippen LogP contribution in [0.3, 0.4) is 0 Å². The highest BCUT2D eigenvalue weighted by Crippen LogP contribution is 2.47. The van der Waals surface area contributed by atoms with Crippen LogP contribution in [0.2, 0.25) is 0 Å². The third-order valence-corrected chi connectivity index (χ3v) is 6.83. The van der Waals surface area contributed by atoms with E-state index in [1.165, 1.54) is 0 Å². The van der Waals surface area contributed by atoms with Crippen molar-refractivity contribution in [3.8, 4) is 0 Å². The van der Waals surface area contributed by atoms with Gasteiger partial charge in [0.25, 0.3) is 11.8 Å². The molecular formula is C28H26I2N2O6. The van der Waals surface area contributed by atoms with Gasteiger partial charge in [-0.1, -0.05) is 24.3 Å². The van der Waals surface area contributed by atoms with E-state index in [0.717, 1.165) is 16.9 Å². The Morgan fingerprint density at radius 2 is 0.895 bits per heavy atom. The number of carbonyl (C=O) groups is 4. The summed E-state index contributed by atoms with van der Waals surface area (Å²) < 4.78 is 13.0. The van der Waals surface area contributed by atoms with Gasteiger partial charge in [0.05, 0.1) is 22.5 Å². The van der Waals surface area contributed by atoms with Crippen molar-refractivity contribution in [1.29, 1.82) is 0 Å². The second-order valence-corrected chi connectivity index (χ2v) is 13.2. The molecule has 4 amide bonds. The van der Waals surface area contributed by atoms with Gasteiger partial charge in [0.1, 0.15) is 11.2 Å². The number of carbonyl (C=O) groups excluding carboxylic acids is 4. The average Bonchev–Trinajstić information content (AvgIpc) is 3.25. The second kappa shape index (κ2) is 10.1. The molecule has 0 aromatic heterocycles.